The highest BCUT2D eigenvalue weighted by Crippen LogP contribution is 2.24. The number of nitrogen functional groups attached to an aromatic ring is 1. The Hall–Kier alpha value is -2.60. The number of carbonyl (C=O) groups is 1. The van der Waals surface area contributed by atoms with Crippen LogP contribution in [0.5, 0.6) is 0 Å². The van der Waals surface area contributed by atoms with Crippen molar-refractivity contribution in [1.82, 2.24) is 10.5 Å². The Morgan fingerprint density at radius 3 is 2.84 bits per heavy atom. The Balaban J connectivity index is 1.56. The molecule has 0 spiro atoms. The fourth-order valence-corrected chi connectivity index (χ4v) is 3.09. The van der Waals surface area contributed by atoms with Gasteiger partial charge in [-0.2, -0.15) is 0 Å². The van der Waals surface area contributed by atoms with Crippen molar-refractivity contribution in [3.8, 4) is 0 Å². The molecule has 1 aliphatic carbocycles. The molecule has 1 aromatic heterocycles. The van der Waals surface area contributed by atoms with Crippen LogP contribution in [0.2, 0.25) is 0 Å². The number of hydrogen-bond acceptors (Lipinski definition) is 5. The van der Waals surface area contributed by atoms with Gasteiger partial charge in [-0.25, -0.2) is 10.5 Å². The first-order valence-electron chi connectivity index (χ1n) is 8.68. The number of hydroxylamine groups is 1. The number of para-hydroxylation sites is 1. The monoisotopic (exact) mass is 340 g/mol. The Morgan fingerprint density at radius 1 is 1.24 bits per heavy atom. The van der Waals surface area contributed by atoms with Gasteiger partial charge in [0.1, 0.15) is 5.82 Å². The molecular weight excluding hydrogens is 316 g/mol. The lowest BCUT2D eigenvalue weighted by Gasteiger charge is -2.14. The van der Waals surface area contributed by atoms with Crippen LogP contribution in [0, 0.1) is 5.92 Å². The largest absolute Gasteiger partial charge is 0.384 e. The van der Waals surface area contributed by atoms with Gasteiger partial charge in [0, 0.05) is 18.4 Å². The van der Waals surface area contributed by atoms with Crippen LogP contribution in [0.1, 0.15) is 41.6 Å². The summed E-state index contributed by atoms with van der Waals surface area (Å²) < 4.78 is 0. The molecule has 0 bridgehead atoms. The SMILES string of the molecule is Nc1cc(CNc2ccccc2C(=O)NOCC2CCCC2)ccn1. The number of nitrogens with one attached hydrogen (secondary N) is 2. The fraction of sp³-hybridized carbons (Fsp3) is 0.368. The second kappa shape index (κ2) is 8.48. The summed E-state index contributed by atoms with van der Waals surface area (Å²) >= 11 is 0. The Morgan fingerprint density at radius 2 is 2.04 bits per heavy atom. The average molecular weight is 340 g/mol. The molecule has 6 heteroatoms. The molecule has 6 nitrogen and oxygen atoms in total. The van der Waals surface area contributed by atoms with Crippen molar-refractivity contribution in [1.29, 1.82) is 0 Å². The summed E-state index contributed by atoms with van der Waals surface area (Å²) in [6.07, 6.45) is 6.55. The van der Waals surface area contributed by atoms with E-state index < -0.39 is 0 Å². The molecule has 3 rings (SSSR count). The number of hydrogen-bond donors (Lipinski definition) is 3. The van der Waals surface area contributed by atoms with E-state index in [1.54, 1.807) is 18.3 Å². The van der Waals surface area contributed by atoms with Crippen molar-refractivity contribution in [2.24, 2.45) is 5.92 Å². The topological polar surface area (TPSA) is 89.3 Å². The van der Waals surface area contributed by atoms with Crippen molar-refractivity contribution in [3.63, 3.8) is 0 Å². The van der Waals surface area contributed by atoms with Gasteiger partial charge in [-0.05, 0) is 48.6 Å². The second-order valence-corrected chi connectivity index (χ2v) is 6.38. The highest BCUT2D eigenvalue weighted by atomic mass is 16.6. The van der Waals surface area contributed by atoms with Crippen LogP contribution in [0.15, 0.2) is 42.6 Å². The van der Waals surface area contributed by atoms with Crippen molar-refractivity contribution in [2.75, 3.05) is 17.7 Å². The molecule has 1 amide bonds. The van der Waals surface area contributed by atoms with Gasteiger partial charge in [0.15, 0.2) is 0 Å². The van der Waals surface area contributed by atoms with Gasteiger partial charge in [-0.1, -0.05) is 25.0 Å². The number of carbonyl (C=O) groups excluding carboxylic acids is 1. The second-order valence-electron chi connectivity index (χ2n) is 6.38. The molecule has 1 fully saturated rings. The third kappa shape index (κ3) is 4.93. The van der Waals surface area contributed by atoms with Crippen LogP contribution in [0.3, 0.4) is 0 Å². The summed E-state index contributed by atoms with van der Waals surface area (Å²) in [6, 6.07) is 11.1. The van der Waals surface area contributed by atoms with Crippen LogP contribution in [0.4, 0.5) is 11.5 Å². The van der Waals surface area contributed by atoms with Crippen molar-refractivity contribution >= 4 is 17.4 Å². The normalized spacial score (nSPS) is 14.4. The minimum absolute atomic E-state index is 0.240. The number of benzene rings is 1. The first-order valence-corrected chi connectivity index (χ1v) is 8.68. The van der Waals surface area contributed by atoms with Crippen LogP contribution in [0.25, 0.3) is 0 Å². The van der Waals surface area contributed by atoms with Gasteiger partial charge >= 0.3 is 0 Å². The van der Waals surface area contributed by atoms with E-state index in [0.29, 0.717) is 30.5 Å². The minimum Gasteiger partial charge on any atom is -0.384 e. The van der Waals surface area contributed by atoms with Gasteiger partial charge < -0.3 is 11.1 Å². The lowest BCUT2D eigenvalue weighted by atomic mass is 10.1. The van der Waals surface area contributed by atoms with E-state index in [9.17, 15) is 4.79 Å². The van der Waals surface area contributed by atoms with E-state index in [1.807, 2.05) is 24.3 Å². The number of aromatic nitrogens is 1. The number of nitrogens with two attached hydrogens (primary N) is 1. The summed E-state index contributed by atoms with van der Waals surface area (Å²) in [7, 11) is 0. The lowest BCUT2D eigenvalue weighted by Crippen LogP contribution is -2.26. The van der Waals surface area contributed by atoms with Gasteiger partial charge in [-0.3, -0.25) is 9.63 Å². The van der Waals surface area contributed by atoms with Gasteiger partial charge in [0.05, 0.1) is 12.2 Å². The molecule has 0 atom stereocenters. The maximum absolute atomic E-state index is 12.4. The highest BCUT2D eigenvalue weighted by molar-refractivity contribution is 5.98. The quantitative estimate of drug-likeness (QED) is 0.674. The first-order chi connectivity index (χ1) is 12.2. The molecule has 0 radical (unpaired) electrons. The zero-order valence-electron chi connectivity index (χ0n) is 14.2. The molecule has 1 aliphatic rings. The maximum Gasteiger partial charge on any atom is 0.276 e. The fourth-order valence-electron chi connectivity index (χ4n) is 3.09. The molecule has 1 saturated carbocycles. The van der Waals surface area contributed by atoms with Crippen LogP contribution in [-0.2, 0) is 11.4 Å². The van der Waals surface area contributed by atoms with Crippen molar-refractivity contribution in [2.45, 2.75) is 32.2 Å². The van der Waals surface area contributed by atoms with Crippen LogP contribution < -0.4 is 16.5 Å². The van der Waals surface area contributed by atoms with E-state index in [0.717, 1.165) is 11.3 Å². The number of nitrogens with zero attached hydrogens (tertiary/aromatic N) is 1. The van der Waals surface area contributed by atoms with Crippen LogP contribution in [-0.4, -0.2) is 17.5 Å². The lowest BCUT2D eigenvalue weighted by molar-refractivity contribution is 0.0172. The molecule has 1 heterocycles. The predicted octanol–water partition coefficient (Wildman–Crippen LogP) is 3.13. The van der Waals surface area contributed by atoms with E-state index >= 15 is 0 Å². The molecular formula is C19H24N4O2. The maximum atomic E-state index is 12.4. The third-order valence-corrected chi connectivity index (χ3v) is 4.46. The molecule has 1 aromatic carbocycles. The van der Waals surface area contributed by atoms with Gasteiger partial charge in [0.25, 0.3) is 5.91 Å². The first kappa shape index (κ1) is 17.2. The van der Waals surface area contributed by atoms with Gasteiger partial charge in [0.2, 0.25) is 0 Å². The zero-order chi connectivity index (χ0) is 17.5. The predicted molar refractivity (Wildman–Crippen MR) is 97.8 cm³/mol. The molecule has 0 saturated heterocycles. The Labute approximate surface area is 147 Å². The highest BCUT2D eigenvalue weighted by Gasteiger charge is 2.16. The summed E-state index contributed by atoms with van der Waals surface area (Å²) in [6.45, 7) is 1.14. The van der Waals surface area contributed by atoms with E-state index in [4.69, 9.17) is 10.6 Å². The third-order valence-electron chi connectivity index (χ3n) is 4.46. The smallest absolute Gasteiger partial charge is 0.276 e. The van der Waals surface area contributed by atoms with E-state index in [-0.39, 0.29) is 5.91 Å². The van der Waals surface area contributed by atoms with E-state index in [1.165, 1.54) is 25.7 Å². The molecule has 0 aliphatic heterocycles. The molecule has 132 valence electrons. The van der Waals surface area contributed by atoms with Crippen LogP contribution >= 0.6 is 0 Å². The number of anilines is 2. The number of pyridine rings is 1. The summed E-state index contributed by atoms with van der Waals surface area (Å²) in [4.78, 5) is 21.8. The Bertz CT molecular complexity index is 714. The summed E-state index contributed by atoms with van der Waals surface area (Å²) in [5.41, 5.74) is 10.6. The molecule has 2 aromatic rings. The van der Waals surface area contributed by atoms with Crippen molar-refractivity contribution < 1.29 is 9.63 Å². The van der Waals surface area contributed by atoms with Gasteiger partial charge in [-0.15, -0.1) is 0 Å². The molecule has 0 unspecified atom stereocenters. The zero-order valence-corrected chi connectivity index (χ0v) is 14.2. The molecule has 4 N–H and O–H groups in total. The minimum atomic E-state index is -0.240. The standard InChI is InChI=1S/C19H24N4O2/c20-18-11-15(9-10-21-18)12-22-17-8-4-3-7-16(17)19(24)23-25-13-14-5-1-2-6-14/h3-4,7-11,14,22H,1-2,5-6,12-13H2,(H2,20,21)(H,23,24). The number of amides is 1. The summed E-state index contributed by atoms with van der Waals surface area (Å²) in [5.74, 6) is 0.798. The summed E-state index contributed by atoms with van der Waals surface area (Å²) in [5, 5.41) is 3.27. The van der Waals surface area contributed by atoms with Crippen molar-refractivity contribution in [3.05, 3.63) is 53.7 Å². The number of rotatable bonds is 7. The molecule has 25 heavy (non-hydrogen) atoms. The Kier molecular flexibility index (Phi) is 5.85. The average Bonchev–Trinajstić information content (AvgIpc) is 3.14. The van der Waals surface area contributed by atoms with E-state index in [2.05, 4.69) is 15.8 Å².